The molecule has 2 aliphatic rings. The van der Waals surface area contributed by atoms with Gasteiger partial charge in [0, 0.05) is 31.1 Å². The Labute approximate surface area is 180 Å². The molecule has 1 unspecified atom stereocenters. The third-order valence-electron chi connectivity index (χ3n) is 5.62. The van der Waals surface area contributed by atoms with Gasteiger partial charge in [0.25, 0.3) is 5.91 Å². The number of halogens is 5. The van der Waals surface area contributed by atoms with Crippen LogP contribution in [0.1, 0.15) is 47.2 Å². The highest BCUT2D eigenvalue weighted by Crippen LogP contribution is 2.56. The van der Waals surface area contributed by atoms with Gasteiger partial charge in [-0.05, 0) is 66.6 Å². The van der Waals surface area contributed by atoms with Crippen molar-refractivity contribution in [2.45, 2.75) is 36.6 Å². The number of carbonyl (C=O) groups is 1. The number of hydrogen-bond acceptors (Lipinski definition) is 3. The second-order valence-corrected chi connectivity index (χ2v) is 8.78. The van der Waals surface area contributed by atoms with Gasteiger partial charge in [0.1, 0.15) is 11.6 Å². The molecule has 0 radical (unpaired) electrons. The van der Waals surface area contributed by atoms with Gasteiger partial charge >= 0.3 is 6.18 Å². The number of nitrogens with zero attached hydrogens (tertiary/aromatic N) is 2. The standard InChI is InChI=1S/C22H19F5N2OS/c23-17-10-16(11-18(24)12-17)21(22(25,26)27)13-19(28-31-21)14-4-6-15(7-5-14)20(30)29-8-2-1-3-9-29/h4-7,10-12H,1-3,8-9,13H2. The Bertz CT molecular complexity index is 995. The van der Waals surface area contributed by atoms with E-state index in [1.54, 1.807) is 29.2 Å². The SMILES string of the molecule is O=C(c1ccc(C2=NSC(c3cc(F)cc(F)c3)(C(F)(F)F)C2)cc1)N1CCCCC1. The first-order valence-electron chi connectivity index (χ1n) is 9.88. The molecule has 1 atom stereocenters. The predicted molar refractivity (Wildman–Crippen MR) is 109 cm³/mol. The van der Waals surface area contributed by atoms with Crippen molar-refractivity contribution in [2.75, 3.05) is 13.1 Å². The molecule has 0 saturated carbocycles. The monoisotopic (exact) mass is 454 g/mol. The number of carbonyl (C=O) groups excluding carboxylic acids is 1. The fourth-order valence-electron chi connectivity index (χ4n) is 3.93. The van der Waals surface area contributed by atoms with Crippen LogP contribution in [-0.2, 0) is 4.75 Å². The van der Waals surface area contributed by atoms with Crippen LogP contribution in [0.5, 0.6) is 0 Å². The van der Waals surface area contributed by atoms with E-state index in [-0.39, 0.29) is 23.6 Å². The van der Waals surface area contributed by atoms with Crippen LogP contribution in [0.3, 0.4) is 0 Å². The lowest BCUT2D eigenvalue weighted by molar-refractivity contribution is -0.159. The van der Waals surface area contributed by atoms with Crippen LogP contribution in [0.25, 0.3) is 0 Å². The summed E-state index contributed by atoms with van der Waals surface area (Å²) < 4.78 is 70.8. The summed E-state index contributed by atoms with van der Waals surface area (Å²) in [6.07, 6.45) is -2.34. The zero-order valence-corrected chi connectivity index (χ0v) is 17.2. The van der Waals surface area contributed by atoms with Gasteiger partial charge in [-0.3, -0.25) is 4.79 Å². The molecule has 1 amide bonds. The summed E-state index contributed by atoms with van der Waals surface area (Å²) >= 11 is 0.258. The van der Waals surface area contributed by atoms with E-state index in [1.165, 1.54) is 0 Å². The molecular formula is C22H19F5N2OS. The van der Waals surface area contributed by atoms with Gasteiger partial charge in [-0.2, -0.15) is 13.2 Å². The minimum absolute atomic E-state index is 0.103. The maximum atomic E-state index is 14.0. The maximum absolute atomic E-state index is 14.0. The van der Waals surface area contributed by atoms with Gasteiger partial charge in [-0.25, -0.2) is 13.2 Å². The van der Waals surface area contributed by atoms with Gasteiger partial charge in [-0.15, -0.1) is 0 Å². The number of amides is 1. The normalized spacial score (nSPS) is 21.8. The zero-order chi connectivity index (χ0) is 22.2. The van der Waals surface area contributed by atoms with E-state index >= 15 is 0 Å². The van der Waals surface area contributed by atoms with Gasteiger partial charge in [-0.1, -0.05) is 12.1 Å². The summed E-state index contributed by atoms with van der Waals surface area (Å²) in [5.41, 5.74) is 0.541. The molecule has 0 spiro atoms. The third kappa shape index (κ3) is 4.20. The summed E-state index contributed by atoms with van der Waals surface area (Å²) in [4.78, 5) is 14.4. The molecule has 3 nitrogen and oxygen atoms in total. The van der Waals surface area contributed by atoms with Gasteiger partial charge in [0.2, 0.25) is 0 Å². The number of hydrogen-bond donors (Lipinski definition) is 0. The number of alkyl halides is 3. The molecule has 1 fully saturated rings. The molecule has 4 rings (SSSR count). The fourth-order valence-corrected chi connectivity index (χ4v) is 4.89. The van der Waals surface area contributed by atoms with Gasteiger partial charge in [0.15, 0.2) is 4.75 Å². The minimum Gasteiger partial charge on any atom is -0.339 e. The Morgan fingerprint density at radius 1 is 0.968 bits per heavy atom. The lowest BCUT2D eigenvalue weighted by atomic mass is 9.89. The molecule has 1 saturated heterocycles. The topological polar surface area (TPSA) is 32.7 Å². The van der Waals surface area contributed by atoms with Crippen molar-refractivity contribution in [3.05, 3.63) is 70.8 Å². The van der Waals surface area contributed by atoms with Crippen molar-refractivity contribution in [1.82, 2.24) is 4.90 Å². The quantitative estimate of drug-likeness (QED) is 0.428. The Balaban J connectivity index is 1.58. The second kappa shape index (κ2) is 8.26. The summed E-state index contributed by atoms with van der Waals surface area (Å²) in [5.74, 6) is -2.25. The zero-order valence-electron chi connectivity index (χ0n) is 16.4. The van der Waals surface area contributed by atoms with Gasteiger partial charge < -0.3 is 4.90 Å². The lowest BCUT2D eigenvalue weighted by Gasteiger charge is -2.30. The first-order chi connectivity index (χ1) is 14.7. The molecule has 2 heterocycles. The molecule has 2 aliphatic heterocycles. The summed E-state index contributed by atoms with van der Waals surface area (Å²) in [6.45, 7) is 1.39. The highest BCUT2D eigenvalue weighted by Gasteiger charge is 2.60. The Kier molecular flexibility index (Phi) is 5.81. The molecule has 2 aromatic rings. The van der Waals surface area contributed by atoms with Crippen molar-refractivity contribution in [3.8, 4) is 0 Å². The molecule has 0 bridgehead atoms. The Morgan fingerprint density at radius 3 is 2.16 bits per heavy atom. The smallest absolute Gasteiger partial charge is 0.339 e. The lowest BCUT2D eigenvalue weighted by Crippen LogP contribution is -2.39. The van der Waals surface area contributed by atoms with Crippen LogP contribution in [0.4, 0.5) is 22.0 Å². The number of piperidine rings is 1. The molecular weight excluding hydrogens is 435 g/mol. The van der Waals surface area contributed by atoms with Gasteiger partial charge in [0.05, 0.1) is 5.71 Å². The van der Waals surface area contributed by atoms with Crippen LogP contribution < -0.4 is 0 Å². The minimum atomic E-state index is -4.78. The van der Waals surface area contributed by atoms with Crippen molar-refractivity contribution >= 4 is 23.6 Å². The van der Waals surface area contributed by atoms with Crippen LogP contribution in [0, 0.1) is 11.6 Å². The number of benzene rings is 2. The first kappa shape index (κ1) is 21.8. The average Bonchev–Trinajstić information content (AvgIpc) is 3.20. The van der Waals surface area contributed by atoms with Crippen molar-refractivity contribution in [3.63, 3.8) is 0 Å². The molecule has 9 heteroatoms. The summed E-state index contributed by atoms with van der Waals surface area (Å²) in [6, 6.07) is 8.21. The molecule has 0 N–H and O–H groups in total. The molecule has 2 aromatic carbocycles. The van der Waals surface area contributed by atoms with E-state index in [2.05, 4.69) is 4.40 Å². The average molecular weight is 454 g/mol. The molecule has 164 valence electrons. The molecule has 0 aromatic heterocycles. The molecule has 0 aliphatic carbocycles. The second-order valence-electron chi connectivity index (χ2n) is 7.72. The van der Waals surface area contributed by atoms with Crippen molar-refractivity contribution in [2.24, 2.45) is 4.40 Å². The summed E-state index contributed by atoms with van der Waals surface area (Å²) in [5, 5.41) is 0. The highest BCUT2D eigenvalue weighted by molar-refractivity contribution is 7.99. The van der Waals surface area contributed by atoms with E-state index in [1.807, 2.05) is 0 Å². The van der Waals surface area contributed by atoms with Crippen LogP contribution in [0.15, 0.2) is 46.9 Å². The number of rotatable bonds is 3. The fraction of sp³-hybridized carbons (Fsp3) is 0.364. The van der Waals surface area contributed by atoms with Crippen LogP contribution in [-0.4, -0.2) is 35.8 Å². The van der Waals surface area contributed by atoms with E-state index in [0.29, 0.717) is 42.4 Å². The third-order valence-corrected chi connectivity index (χ3v) is 6.86. The number of likely N-dealkylation sites (tertiary alicyclic amines) is 1. The predicted octanol–water partition coefficient (Wildman–Crippen LogP) is 5.89. The van der Waals surface area contributed by atoms with E-state index in [9.17, 15) is 26.7 Å². The van der Waals surface area contributed by atoms with Crippen molar-refractivity contribution in [1.29, 1.82) is 0 Å². The largest absolute Gasteiger partial charge is 0.409 e. The highest BCUT2D eigenvalue weighted by atomic mass is 32.2. The van der Waals surface area contributed by atoms with Crippen LogP contribution in [0.2, 0.25) is 0 Å². The Morgan fingerprint density at radius 2 is 1.58 bits per heavy atom. The van der Waals surface area contributed by atoms with Crippen LogP contribution >= 0.6 is 11.9 Å². The van der Waals surface area contributed by atoms with Crippen molar-refractivity contribution < 1.29 is 26.7 Å². The Hall–Kier alpha value is -2.42. The molecule has 31 heavy (non-hydrogen) atoms. The van der Waals surface area contributed by atoms with E-state index < -0.39 is 34.5 Å². The van der Waals surface area contributed by atoms with E-state index in [0.717, 1.165) is 19.3 Å². The van der Waals surface area contributed by atoms with E-state index in [4.69, 9.17) is 0 Å². The summed E-state index contributed by atoms with van der Waals surface area (Å²) in [7, 11) is 0. The first-order valence-corrected chi connectivity index (χ1v) is 10.6. The maximum Gasteiger partial charge on any atom is 0.409 e.